The van der Waals surface area contributed by atoms with Crippen molar-refractivity contribution in [3.05, 3.63) is 52.2 Å². The summed E-state index contributed by atoms with van der Waals surface area (Å²) in [7, 11) is 0. The van der Waals surface area contributed by atoms with Crippen molar-refractivity contribution in [1.82, 2.24) is 14.9 Å². The van der Waals surface area contributed by atoms with Gasteiger partial charge in [0.25, 0.3) is 5.56 Å². The van der Waals surface area contributed by atoms with E-state index in [4.69, 9.17) is 4.74 Å². The minimum atomic E-state index is -0.346. The molecule has 2 fully saturated rings. The molecule has 0 unspecified atom stereocenters. The maximum Gasteiger partial charge on any atom is 0.252 e. The van der Waals surface area contributed by atoms with Crippen LogP contribution in [0.15, 0.2) is 35.1 Å². The Morgan fingerprint density at radius 2 is 1.97 bits per heavy atom. The molecule has 1 amide bonds. The van der Waals surface area contributed by atoms with Crippen molar-refractivity contribution >= 4 is 17.5 Å². The van der Waals surface area contributed by atoms with Crippen molar-refractivity contribution in [3.8, 4) is 0 Å². The standard InChI is InChI=1S/C20H24FN5O3/c21-15-1-3-16(4-2-15)26-13-14(11-19(26)28)17-12-18(27)24-20(23-17)22-5-6-25-7-9-29-10-8-25/h1-4,12,14H,5-11,13H2,(H2,22,23,24,27)/t14-/m1/s1. The number of anilines is 2. The molecule has 1 aromatic heterocycles. The summed E-state index contributed by atoms with van der Waals surface area (Å²) in [6.07, 6.45) is 0.265. The molecule has 0 spiro atoms. The average molecular weight is 401 g/mol. The summed E-state index contributed by atoms with van der Waals surface area (Å²) >= 11 is 0. The number of carbonyl (C=O) groups excluding carboxylic acids is 1. The number of amides is 1. The van der Waals surface area contributed by atoms with Crippen LogP contribution in [0.4, 0.5) is 16.0 Å². The Hall–Kier alpha value is -2.78. The van der Waals surface area contributed by atoms with Gasteiger partial charge in [-0.05, 0) is 24.3 Å². The molecular weight excluding hydrogens is 377 g/mol. The second-order valence-electron chi connectivity index (χ2n) is 7.28. The van der Waals surface area contributed by atoms with Gasteiger partial charge in [0.1, 0.15) is 5.82 Å². The summed E-state index contributed by atoms with van der Waals surface area (Å²) in [5.41, 5.74) is 0.977. The highest BCUT2D eigenvalue weighted by Crippen LogP contribution is 2.30. The van der Waals surface area contributed by atoms with E-state index in [1.165, 1.54) is 18.2 Å². The summed E-state index contributed by atoms with van der Waals surface area (Å²) in [5.74, 6) is -0.186. The Morgan fingerprint density at radius 3 is 2.72 bits per heavy atom. The molecule has 8 nitrogen and oxygen atoms in total. The van der Waals surface area contributed by atoms with Crippen LogP contribution in [-0.4, -0.2) is 66.7 Å². The van der Waals surface area contributed by atoms with Crippen LogP contribution in [0, 0.1) is 5.82 Å². The minimum absolute atomic E-state index is 0.0643. The van der Waals surface area contributed by atoms with Crippen LogP contribution in [0.3, 0.4) is 0 Å². The number of H-pyrrole nitrogens is 1. The largest absolute Gasteiger partial charge is 0.379 e. The molecule has 2 saturated heterocycles. The molecule has 0 bridgehead atoms. The van der Waals surface area contributed by atoms with Crippen LogP contribution in [0.25, 0.3) is 0 Å². The van der Waals surface area contributed by atoms with E-state index in [0.717, 1.165) is 32.8 Å². The number of benzene rings is 1. The summed E-state index contributed by atoms with van der Waals surface area (Å²) in [4.78, 5) is 35.7. The zero-order chi connectivity index (χ0) is 20.2. The van der Waals surface area contributed by atoms with Crippen molar-refractivity contribution in [2.45, 2.75) is 12.3 Å². The van der Waals surface area contributed by atoms with E-state index in [9.17, 15) is 14.0 Å². The third-order valence-corrected chi connectivity index (χ3v) is 5.27. The number of aromatic nitrogens is 2. The number of aromatic amines is 1. The number of ether oxygens (including phenoxy) is 1. The van der Waals surface area contributed by atoms with Crippen molar-refractivity contribution < 1.29 is 13.9 Å². The number of hydrogen-bond donors (Lipinski definition) is 2. The molecule has 3 heterocycles. The first-order chi connectivity index (χ1) is 14.1. The molecule has 154 valence electrons. The lowest BCUT2D eigenvalue weighted by Gasteiger charge is -2.26. The summed E-state index contributed by atoms with van der Waals surface area (Å²) in [6.45, 7) is 5.17. The Morgan fingerprint density at radius 1 is 1.21 bits per heavy atom. The van der Waals surface area contributed by atoms with Gasteiger partial charge in [-0.3, -0.25) is 19.5 Å². The predicted octanol–water partition coefficient (Wildman–Crippen LogP) is 1.17. The Bertz CT molecular complexity index is 911. The highest BCUT2D eigenvalue weighted by Gasteiger charge is 2.33. The number of morpholine rings is 1. The number of nitrogens with one attached hydrogen (secondary N) is 2. The van der Waals surface area contributed by atoms with Crippen LogP contribution >= 0.6 is 0 Å². The molecule has 2 aromatic rings. The van der Waals surface area contributed by atoms with Crippen LogP contribution in [0.5, 0.6) is 0 Å². The summed E-state index contributed by atoms with van der Waals surface area (Å²) in [6, 6.07) is 7.27. The van der Waals surface area contributed by atoms with Crippen molar-refractivity contribution in [2.24, 2.45) is 0 Å². The van der Waals surface area contributed by atoms with Gasteiger partial charge in [0.05, 0.1) is 18.9 Å². The maximum atomic E-state index is 13.2. The molecule has 2 aliphatic rings. The number of carbonyl (C=O) groups is 1. The van der Waals surface area contributed by atoms with E-state index in [1.54, 1.807) is 17.0 Å². The van der Waals surface area contributed by atoms with Crippen LogP contribution in [-0.2, 0) is 9.53 Å². The number of hydrogen-bond acceptors (Lipinski definition) is 6. The second-order valence-corrected chi connectivity index (χ2v) is 7.28. The summed E-state index contributed by atoms with van der Waals surface area (Å²) in [5, 5.41) is 3.17. The minimum Gasteiger partial charge on any atom is -0.379 e. The molecule has 4 rings (SSSR count). The molecule has 2 aliphatic heterocycles. The predicted molar refractivity (Wildman–Crippen MR) is 107 cm³/mol. The molecule has 2 N–H and O–H groups in total. The van der Waals surface area contributed by atoms with E-state index >= 15 is 0 Å². The third-order valence-electron chi connectivity index (χ3n) is 5.27. The molecular formula is C20H24FN5O3. The van der Waals surface area contributed by atoms with Gasteiger partial charge in [-0.1, -0.05) is 0 Å². The number of rotatable bonds is 6. The second kappa shape index (κ2) is 8.71. The number of halogens is 1. The van der Waals surface area contributed by atoms with Gasteiger partial charge in [0, 0.05) is 56.8 Å². The fourth-order valence-corrected chi connectivity index (χ4v) is 3.70. The van der Waals surface area contributed by atoms with Crippen LogP contribution < -0.4 is 15.8 Å². The van der Waals surface area contributed by atoms with Crippen molar-refractivity contribution in [3.63, 3.8) is 0 Å². The van der Waals surface area contributed by atoms with Gasteiger partial charge in [0.15, 0.2) is 0 Å². The monoisotopic (exact) mass is 401 g/mol. The van der Waals surface area contributed by atoms with Crippen LogP contribution in [0.2, 0.25) is 0 Å². The lowest BCUT2D eigenvalue weighted by Crippen LogP contribution is -2.39. The van der Waals surface area contributed by atoms with Gasteiger partial charge >= 0.3 is 0 Å². The molecule has 29 heavy (non-hydrogen) atoms. The van der Waals surface area contributed by atoms with Gasteiger partial charge < -0.3 is 15.0 Å². The first-order valence-electron chi connectivity index (χ1n) is 9.79. The van der Waals surface area contributed by atoms with E-state index in [2.05, 4.69) is 20.2 Å². The quantitative estimate of drug-likeness (QED) is 0.755. The van der Waals surface area contributed by atoms with Gasteiger partial charge in [-0.15, -0.1) is 0 Å². The third kappa shape index (κ3) is 4.80. The smallest absolute Gasteiger partial charge is 0.252 e. The lowest BCUT2D eigenvalue weighted by molar-refractivity contribution is -0.117. The summed E-state index contributed by atoms with van der Waals surface area (Å²) < 4.78 is 18.5. The topological polar surface area (TPSA) is 90.6 Å². The SMILES string of the molecule is O=C1C[C@@H](c2cc(=O)[nH]c(NCCN3CCOCC3)n2)CN1c1ccc(F)cc1. The zero-order valence-corrected chi connectivity index (χ0v) is 16.1. The van der Waals surface area contributed by atoms with E-state index < -0.39 is 0 Å². The molecule has 9 heteroatoms. The Labute approximate surface area is 167 Å². The van der Waals surface area contributed by atoms with E-state index in [-0.39, 0.29) is 29.6 Å². The zero-order valence-electron chi connectivity index (χ0n) is 16.1. The molecule has 0 radical (unpaired) electrons. The Kier molecular flexibility index (Phi) is 5.86. The van der Waals surface area contributed by atoms with E-state index in [1.807, 2.05) is 0 Å². The molecule has 1 atom stereocenters. The Balaban J connectivity index is 1.41. The average Bonchev–Trinajstić information content (AvgIpc) is 3.11. The maximum absolute atomic E-state index is 13.2. The van der Waals surface area contributed by atoms with Gasteiger partial charge in [-0.2, -0.15) is 0 Å². The highest BCUT2D eigenvalue weighted by molar-refractivity contribution is 5.96. The highest BCUT2D eigenvalue weighted by atomic mass is 19.1. The first-order valence-corrected chi connectivity index (χ1v) is 9.79. The first kappa shape index (κ1) is 19.5. The molecule has 0 aliphatic carbocycles. The number of nitrogens with zero attached hydrogens (tertiary/aromatic N) is 3. The lowest BCUT2D eigenvalue weighted by atomic mass is 10.0. The fourth-order valence-electron chi connectivity index (χ4n) is 3.70. The normalized spacial score (nSPS) is 20.2. The van der Waals surface area contributed by atoms with Crippen molar-refractivity contribution in [1.29, 1.82) is 0 Å². The molecule has 1 aromatic carbocycles. The molecule has 0 saturated carbocycles. The van der Waals surface area contributed by atoms with Crippen LogP contribution in [0.1, 0.15) is 18.0 Å². The van der Waals surface area contributed by atoms with Gasteiger partial charge in [0.2, 0.25) is 11.9 Å². The van der Waals surface area contributed by atoms with Gasteiger partial charge in [-0.25, -0.2) is 9.37 Å². The van der Waals surface area contributed by atoms with E-state index in [0.29, 0.717) is 30.4 Å². The van der Waals surface area contributed by atoms with Crippen molar-refractivity contribution in [2.75, 3.05) is 56.2 Å². The fraction of sp³-hybridized carbons (Fsp3) is 0.450.